The number of hydrogen-bond donors (Lipinski definition) is 0. The highest BCUT2D eigenvalue weighted by atomic mass is 16.5. The van der Waals surface area contributed by atoms with Crippen LogP contribution in [0.2, 0.25) is 0 Å². The Hall–Kier alpha value is -1.64. The molecule has 3 atom stereocenters. The third kappa shape index (κ3) is 1.88. The minimum atomic E-state index is -0.587. The molecule has 2 aliphatic rings. The summed E-state index contributed by atoms with van der Waals surface area (Å²) in [6, 6.07) is 10.0. The van der Waals surface area contributed by atoms with Crippen molar-refractivity contribution >= 4 is 11.7 Å². The Kier molecular flexibility index (Phi) is 2.73. The van der Waals surface area contributed by atoms with E-state index in [4.69, 9.17) is 9.73 Å². The molecule has 1 spiro atoms. The van der Waals surface area contributed by atoms with E-state index in [0.29, 0.717) is 5.92 Å². The van der Waals surface area contributed by atoms with Crippen LogP contribution in [0.3, 0.4) is 0 Å². The van der Waals surface area contributed by atoms with E-state index in [2.05, 4.69) is 20.8 Å². The molecule has 3 heteroatoms. The van der Waals surface area contributed by atoms with E-state index < -0.39 is 5.54 Å². The zero-order valence-corrected chi connectivity index (χ0v) is 11.6. The fraction of sp³-hybridized carbons (Fsp3) is 0.500. The number of esters is 1. The first kappa shape index (κ1) is 12.4. The van der Waals surface area contributed by atoms with Gasteiger partial charge in [-0.2, -0.15) is 0 Å². The van der Waals surface area contributed by atoms with Crippen molar-refractivity contribution < 1.29 is 9.53 Å². The van der Waals surface area contributed by atoms with Crippen molar-refractivity contribution in [3.05, 3.63) is 35.9 Å². The Bertz CT molecular complexity index is 535. The second-order valence-electron chi connectivity index (χ2n) is 5.96. The molecule has 1 fully saturated rings. The highest BCUT2D eigenvalue weighted by molar-refractivity contribution is 6.09. The Labute approximate surface area is 113 Å². The molecule has 0 bridgehead atoms. The topological polar surface area (TPSA) is 38.7 Å². The standard InChI is InChI=1S/C16H19NO2/c1-10(2)14-13(12-7-5-4-6-8-12)17-16(9-11(16)3)15(18)19-14/h4-8,10-11,14H,9H2,1-3H3/t11-,14+,16-/m1/s1. The smallest absolute Gasteiger partial charge is 0.334 e. The summed E-state index contributed by atoms with van der Waals surface area (Å²) in [5.74, 6) is 0.388. The van der Waals surface area contributed by atoms with E-state index in [0.717, 1.165) is 17.7 Å². The largest absolute Gasteiger partial charge is 0.454 e. The van der Waals surface area contributed by atoms with Gasteiger partial charge in [-0.25, -0.2) is 4.79 Å². The normalized spacial score (nSPS) is 33.3. The molecule has 19 heavy (non-hydrogen) atoms. The second kappa shape index (κ2) is 4.19. The third-order valence-corrected chi connectivity index (χ3v) is 4.12. The summed E-state index contributed by atoms with van der Waals surface area (Å²) in [7, 11) is 0. The average molecular weight is 257 g/mol. The predicted octanol–water partition coefficient (Wildman–Crippen LogP) is 2.84. The molecule has 3 nitrogen and oxygen atoms in total. The van der Waals surface area contributed by atoms with E-state index >= 15 is 0 Å². The fourth-order valence-corrected chi connectivity index (χ4v) is 2.74. The van der Waals surface area contributed by atoms with Crippen LogP contribution in [0.5, 0.6) is 0 Å². The molecular weight excluding hydrogens is 238 g/mol. The second-order valence-corrected chi connectivity index (χ2v) is 5.96. The lowest BCUT2D eigenvalue weighted by molar-refractivity contribution is -0.152. The molecule has 3 rings (SSSR count). The maximum absolute atomic E-state index is 12.2. The monoisotopic (exact) mass is 257 g/mol. The first-order valence-electron chi connectivity index (χ1n) is 6.91. The van der Waals surface area contributed by atoms with Crippen LogP contribution in [0.1, 0.15) is 32.8 Å². The van der Waals surface area contributed by atoms with Crippen LogP contribution in [0.4, 0.5) is 0 Å². The lowest BCUT2D eigenvalue weighted by Gasteiger charge is -2.30. The van der Waals surface area contributed by atoms with E-state index in [1.807, 2.05) is 30.3 Å². The minimum Gasteiger partial charge on any atom is -0.454 e. The maximum Gasteiger partial charge on any atom is 0.334 e. The van der Waals surface area contributed by atoms with Gasteiger partial charge >= 0.3 is 5.97 Å². The Morgan fingerprint density at radius 1 is 1.32 bits per heavy atom. The van der Waals surface area contributed by atoms with Crippen LogP contribution in [-0.2, 0) is 9.53 Å². The van der Waals surface area contributed by atoms with Crippen LogP contribution < -0.4 is 0 Å². The van der Waals surface area contributed by atoms with Crippen molar-refractivity contribution in [2.24, 2.45) is 16.8 Å². The number of nitrogens with zero attached hydrogens (tertiary/aromatic N) is 1. The molecule has 1 aromatic carbocycles. The minimum absolute atomic E-state index is 0.140. The highest BCUT2D eigenvalue weighted by Gasteiger charge is 2.62. The molecule has 0 N–H and O–H groups in total. The summed E-state index contributed by atoms with van der Waals surface area (Å²) in [5, 5.41) is 0. The van der Waals surface area contributed by atoms with Crippen LogP contribution in [0.25, 0.3) is 0 Å². The first-order chi connectivity index (χ1) is 9.04. The van der Waals surface area contributed by atoms with E-state index in [1.165, 1.54) is 0 Å². The predicted molar refractivity (Wildman–Crippen MR) is 74.2 cm³/mol. The zero-order chi connectivity index (χ0) is 13.6. The molecule has 100 valence electrons. The van der Waals surface area contributed by atoms with Gasteiger partial charge in [0.05, 0.1) is 5.71 Å². The number of cyclic esters (lactones) is 1. The van der Waals surface area contributed by atoms with Gasteiger partial charge in [0.15, 0.2) is 5.54 Å². The van der Waals surface area contributed by atoms with Crippen molar-refractivity contribution in [1.82, 2.24) is 0 Å². The van der Waals surface area contributed by atoms with E-state index in [1.54, 1.807) is 0 Å². The van der Waals surface area contributed by atoms with Gasteiger partial charge in [0.1, 0.15) is 6.10 Å². The van der Waals surface area contributed by atoms with Crippen LogP contribution >= 0.6 is 0 Å². The van der Waals surface area contributed by atoms with Crippen molar-refractivity contribution in [2.75, 3.05) is 0 Å². The number of carbonyl (C=O) groups is 1. The average Bonchev–Trinajstić information content (AvgIpc) is 3.04. The van der Waals surface area contributed by atoms with Crippen LogP contribution in [0.15, 0.2) is 35.3 Å². The summed E-state index contributed by atoms with van der Waals surface area (Å²) in [5.41, 5.74) is 1.41. The number of carbonyl (C=O) groups excluding carboxylic acids is 1. The van der Waals surface area contributed by atoms with Gasteiger partial charge in [0.2, 0.25) is 0 Å². The van der Waals surface area contributed by atoms with Gasteiger partial charge in [-0.3, -0.25) is 4.99 Å². The molecule has 1 aromatic rings. The summed E-state index contributed by atoms with van der Waals surface area (Å²) < 4.78 is 5.69. The summed E-state index contributed by atoms with van der Waals surface area (Å²) in [6.07, 6.45) is 0.584. The number of aliphatic imine (C=N–C) groups is 1. The van der Waals surface area contributed by atoms with Crippen molar-refractivity contribution in [3.63, 3.8) is 0 Å². The van der Waals surface area contributed by atoms with Gasteiger partial charge in [-0.15, -0.1) is 0 Å². The summed E-state index contributed by atoms with van der Waals surface area (Å²) >= 11 is 0. The molecule has 0 amide bonds. The molecule has 0 unspecified atom stereocenters. The van der Waals surface area contributed by atoms with Gasteiger partial charge in [0, 0.05) is 0 Å². The SMILES string of the molecule is CC(C)[C@@H]1OC(=O)[C@]2(C[C@H]2C)N=C1c1ccccc1. The molecule has 0 saturated heterocycles. The van der Waals surface area contributed by atoms with Crippen molar-refractivity contribution in [1.29, 1.82) is 0 Å². The number of benzene rings is 1. The zero-order valence-electron chi connectivity index (χ0n) is 11.6. The number of ether oxygens (including phenoxy) is 1. The number of hydrogen-bond acceptors (Lipinski definition) is 3. The molecule has 0 radical (unpaired) electrons. The molecular formula is C16H19NO2. The van der Waals surface area contributed by atoms with E-state index in [9.17, 15) is 4.79 Å². The lowest BCUT2D eigenvalue weighted by Crippen LogP contribution is -2.43. The van der Waals surface area contributed by atoms with Gasteiger partial charge < -0.3 is 4.74 Å². The fourth-order valence-electron chi connectivity index (χ4n) is 2.74. The van der Waals surface area contributed by atoms with Gasteiger partial charge in [-0.05, 0) is 23.8 Å². The lowest BCUT2D eigenvalue weighted by atomic mass is 9.94. The maximum atomic E-state index is 12.2. The van der Waals surface area contributed by atoms with Gasteiger partial charge in [-0.1, -0.05) is 51.1 Å². The van der Waals surface area contributed by atoms with Gasteiger partial charge in [0.25, 0.3) is 0 Å². The molecule has 1 saturated carbocycles. The Balaban J connectivity index is 2.06. The highest BCUT2D eigenvalue weighted by Crippen LogP contribution is 2.50. The Morgan fingerprint density at radius 2 is 1.95 bits per heavy atom. The molecule has 0 aromatic heterocycles. The van der Waals surface area contributed by atoms with Crippen molar-refractivity contribution in [3.8, 4) is 0 Å². The Morgan fingerprint density at radius 3 is 2.47 bits per heavy atom. The summed E-state index contributed by atoms with van der Waals surface area (Å²) in [6.45, 7) is 6.18. The third-order valence-electron chi connectivity index (χ3n) is 4.12. The van der Waals surface area contributed by atoms with E-state index in [-0.39, 0.29) is 18.0 Å². The molecule has 1 aliphatic carbocycles. The quantitative estimate of drug-likeness (QED) is 0.764. The van der Waals surface area contributed by atoms with Crippen molar-refractivity contribution in [2.45, 2.75) is 38.8 Å². The molecule has 1 aliphatic heterocycles. The molecule has 1 heterocycles. The van der Waals surface area contributed by atoms with Crippen LogP contribution in [-0.4, -0.2) is 23.3 Å². The number of rotatable bonds is 2. The summed E-state index contributed by atoms with van der Waals surface area (Å²) in [4.78, 5) is 17.0. The first-order valence-corrected chi connectivity index (χ1v) is 6.91. The van der Waals surface area contributed by atoms with Crippen LogP contribution in [0, 0.1) is 11.8 Å².